The molecule has 0 fully saturated rings. The third-order valence-corrected chi connectivity index (χ3v) is 3.62. The first-order valence-electron chi connectivity index (χ1n) is 8.16. The van der Waals surface area contributed by atoms with Crippen molar-refractivity contribution in [2.45, 2.75) is 46.6 Å². The molecule has 136 valence electrons. The first-order valence-corrected chi connectivity index (χ1v) is 8.16. The molecule has 25 heavy (non-hydrogen) atoms. The molecule has 8 heteroatoms. The lowest BCUT2D eigenvalue weighted by Gasteiger charge is -2.32. The van der Waals surface area contributed by atoms with E-state index < -0.39 is 5.54 Å². The summed E-state index contributed by atoms with van der Waals surface area (Å²) in [6.45, 7) is 9.69. The molecule has 0 aliphatic carbocycles. The predicted octanol–water partition coefficient (Wildman–Crippen LogP) is 2.24. The Kier molecular flexibility index (Phi) is 5.61. The van der Waals surface area contributed by atoms with Gasteiger partial charge in [0.15, 0.2) is 0 Å². The summed E-state index contributed by atoms with van der Waals surface area (Å²) in [4.78, 5) is 24.6. The minimum atomic E-state index is -0.656. The fourth-order valence-corrected chi connectivity index (χ4v) is 2.71. The van der Waals surface area contributed by atoms with Crippen LogP contribution in [0, 0.1) is 19.8 Å². The normalized spacial score (nSPS) is 13.5. The summed E-state index contributed by atoms with van der Waals surface area (Å²) < 4.78 is 9.95. The minimum Gasteiger partial charge on any atom is -0.351 e. The molecule has 0 radical (unpaired) electrons. The molecule has 0 aliphatic heterocycles. The van der Waals surface area contributed by atoms with Crippen LogP contribution in [0.15, 0.2) is 21.2 Å². The second-order valence-corrected chi connectivity index (χ2v) is 6.96. The van der Waals surface area contributed by atoms with Gasteiger partial charge in [-0.1, -0.05) is 24.2 Å². The largest absolute Gasteiger partial charge is 0.351 e. The van der Waals surface area contributed by atoms with E-state index in [0.29, 0.717) is 23.7 Å². The molecule has 0 bridgehead atoms. The standard InChI is InChI=1S/C17H24N4O4/c1-10(2)8-17(5,19-16(23)14-7-12(4)21-25-14)9-18-15(22)13-6-11(3)20-24-13/h6-7,10H,8-9H2,1-5H3,(H,18,22)(H,19,23)/t17-/m1/s1. The molecule has 2 aromatic heterocycles. The van der Waals surface area contributed by atoms with Gasteiger partial charge in [0.2, 0.25) is 11.5 Å². The summed E-state index contributed by atoms with van der Waals surface area (Å²) in [6, 6.07) is 3.13. The summed E-state index contributed by atoms with van der Waals surface area (Å²) in [7, 11) is 0. The van der Waals surface area contributed by atoms with Gasteiger partial charge < -0.3 is 19.7 Å². The predicted molar refractivity (Wildman–Crippen MR) is 90.1 cm³/mol. The van der Waals surface area contributed by atoms with Gasteiger partial charge in [0.1, 0.15) is 0 Å². The zero-order chi connectivity index (χ0) is 18.6. The average Bonchev–Trinajstić information content (AvgIpc) is 3.12. The molecule has 2 N–H and O–H groups in total. The molecule has 0 aliphatic rings. The average molecular weight is 348 g/mol. The van der Waals surface area contributed by atoms with Crippen molar-refractivity contribution >= 4 is 11.8 Å². The highest BCUT2D eigenvalue weighted by Gasteiger charge is 2.30. The van der Waals surface area contributed by atoms with Gasteiger partial charge in [0.25, 0.3) is 11.8 Å². The van der Waals surface area contributed by atoms with Crippen LogP contribution >= 0.6 is 0 Å². The number of rotatable bonds is 7. The maximum absolute atomic E-state index is 12.4. The summed E-state index contributed by atoms with van der Waals surface area (Å²) in [5, 5.41) is 13.1. The third-order valence-electron chi connectivity index (χ3n) is 3.62. The number of nitrogens with zero attached hydrogens (tertiary/aromatic N) is 2. The quantitative estimate of drug-likeness (QED) is 0.794. The van der Waals surface area contributed by atoms with Crippen LogP contribution in [0.4, 0.5) is 0 Å². The Morgan fingerprint density at radius 2 is 1.60 bits per heavy atom. The molecule has 0 unspecified atom stereocenters. The van der Waals surface area contributed by atoms with Crippen LogP contribution in [0.2, 0.25) is 0 Å². The summed E-state index contributed by atoms with van der Waals surface area (Å²) in [5.41, 5.74) is 0.602. The van der Waals surface area contributed by atoms with Crippen LogP contribution in [0.5, 0.6) is 0 Å². The second-order valence-electron chi connectivity index (χ2n) is 6.96. The van der Waals surface area contributed by atoms with Crippen LogP contribution in [0.3, 0.4) is 0 Å². The Labute approximate surface area is 146 Å². The molecular weight excluding hydrogens is 324 g/mol. The molecule has 2 heterocycles. The topological polar surface area (TPSA) is 110 Å². The Hall–Kier alpha value is -2.64. The van der Waals surface area contributed by atoms with E-state index in [1.807, 2.05) is 20.8 Å². The lowest BCUT2D eigenvalue weighted by molar-refractivity contribution is 0.0823. The number of carbonyl (C=O) groups is 2. The highest BCUT2D eigenvalue weighted by atomic mass is 16.5. The molecule has 2 aromatic rings. The minimum absolute atomic E-state index is 0.140. The van der Waals surface area contributed by atoms with Gasteiger partial charge in [-0.15, -0.1) is 0 Å². The van der Waals surface area contributed by atoms with Gasteiger partial charge in [-0.05, 0) is 33.1 Å². The van der Waals surface area contributed by atoms with E-state index in [2.05, 4.69) is 20.9 Å². The van der Waals surface area contributed by atoms with Crippen LogP contribution in [0.1, 0.15) is 59.7 Å². The molecule has 0 aromatic carbocycles. The van der Waals surface area contributed by atoms with Crippen molar-refractivity contribution < 1.29 is 18.6 Å². The number of nitrogens with one attached hydrogen (secondary N) is 2. The Bertz CT molecular complexity index is 749. The van der Waals surface area contributed by atoms with Gasteiger partial charge in [0, 0.05) is 18.7 Å². The van der Waals surface area contributed by atoms with Crippen molar-refractivity contribution in [3.8, 4) is 0 Å². The number of amides is 2. The maximum atomic E-state index is 12.4. The van der Waals surface area contributed by atoms with Gasteiger partial charge in [0.05, 0.1) is 16.9 Å². The fourth-order valence-electron chi connectivity index (χ4n) is 2.71. The first-order chi connectivity index (χ1) is 11.7. The van der Waals surface area contributed by atoms with Gasteiger partial charge in [-0.25, -0.2) is 0 Å². The highest BCUT2D eigenvalue weighted by Crippen LogP contribution is 2.17. The van der Waals surface area contributed by atoms with Gasteiger partial charge in [-0.3, -0.25) is 9.59 Å². The molecule has 0 saturated carbocycles. The zero-order valence-electron chi connectivity index (χ0n) is 15.2. The van der Waals surface area contributed by atoms with E-state index >= 15 is 0 Å². The van der Waals surface area contributed by atoms with Crippen LogP contribution < -0.4 is 10.6 Å². The number of aromatic nitrogens is 2. The monoisotopic (exact) mass is 348 g/mol. The number of aryl methyl sites for hydroxylation is 2. The van der Waals surface area contributed by atoms with Crippen LogP contribution in [-0.4, -0.2) is 34.2 Å². The number of hydrogen-bond donors (Lipinski definition) is 2. The Morgan fingerprint density at radius 1 is 1.08 bits per heavy atom. The van der Waals surface area contributed by atoms with Crippen molar-refractivity contribution in [1.82, 2.24) is 20.9 Å². The summed E-state index contributed by atoms with van der Waals surface area (Å²) in [6.07, 6.45) is 0.668. The zero-order valence-corrected chi connectivity index (χ0v) is 15.2. The molecular formula is C17H24N4O4. The third kappa shape index (κ3) is 5.17. The van der Waals surface area contributed by atoms with Crippen LogP contribution in [-0.2, 0) is 0 Å². The second kappa shape index (κ2) is 7.50. The highest BCUT2D eigenvalue weighted by molar-refractivity contribution is 5.93. The van der Waals surface area contributed by atoms with E-state index in [0.717, 1.165) is 0 Å². The van der Waals surface area contributed by atoms with E-state index in [9.17, 15) is 9.59 Å². The molecule has 2 amide bonds. The first kappa shape index (κ1) is 18.7. The number of carbonyl (C=O) groups excluding carboxylic acids is 2. The Morgan fingerprint density at radius 3 is 2.04 bits per heavy atom. The molecule has 0 spiro atoms. The lowest BCUT2D eigenvalue weighted by atomic mass is 9.90. The van der Waals surface area contributed by atoms with E-state index in [1.54, 1.807) is 26.0 Å². The lowest BCUT2D eigenvalue weighted by Crippen LogP contribution is -2.54. The molecule has 8 nitrogen and oxygen atoms in total. The molecule has 1 atom stereocenters. The summed E-state index contributed by atoms with van der Waals surface area (Å²) >= 11 is 0. The van der Waals surface area contributed by atoms with Crippen molar-refractivity contribution in [2.24, 2.45) is 5.92 Å². The van der Waals surface area contributed by atoms with Crippen molar-refractivity contribution in [2.75, 3.05) is 6.54 Å². The molecule has 0 saturated heterocycles. The smallest absolute Gasteiger partial charge is 0.290 e. The Balaban J connectivity index is 2.05. The van der Waals surface area contributed by atoms with Crippen molar-refractivity contribution in [1.29, 1.82) is 0 Å². The molecule has 2 rings (SSSR count). The van der Waals surface area contributed by atoms with E-state index in [4.69, 9.17) is 9.05 Å². The van der Waals surface area contributed by atoms with E-state index in [1.165, 1.54) is 0 Å². The fraction of sp³-hybridized carbons (Fsp3) is 0.529. The van der Waals surface area contributed by atoms with Gasteiger partial charge >= 0.3 is 0 Å². The summed E-state index contributed by atoms with van der Waals surface area (Å²) in [5.74, 6) is -0.147. The maximum Gasteiger partial charge on any atom is 0.290 e. The SMILES string of the molecule is Cc1cc(C(=O)NC[C@@](C)(CC(C)C)NC(=O)c2cc(C)no2)on1. The van der Waals surface area contributed by atoms with Crippen molar-refractivity contribution in [3.63, 3.8) is 0 Å². The van der Waals surface area contributed by atoms with Gasteiger partial charge in [-0.2, -0.15) is 0 Å². The van der Waals surface area contributed by atoms with Crippen molar-refractivity contribution in [3.05, 3.63) is 35.0 Å². The van der Waals surface area contributed by atoms with Crippen LogP contribution in [0.25, 0.3) is 0 Å². The van der Waals surface area contributed by atoms with E-state index in [-0.39, 0.29) is 29.9 Å². The number of hydrogen-bond acceptors (Lipinski definition) is 6.